The Balaban J connectivity index is 1.82. The number of hydrogen-bond acceptors (Lipinski definition) is 4. The molecule has 0 amide bonds. The van der Waals surface area contributed by atoms with Gasteiger partial charge in [0.1, 0.15) is 0 Å². The first-order valence-corrected chi connectivity index (χ1v) is 10.3. The monoisotopic (exact) mass is 405 g/mol. The van der Waals surface area contributed by atoms with Gasteiger partial charge in [-0.15, -0.1) is 0 Å². The van der Waals surface area contributed by atoms with Gasteiger partial charge >= 0.3 is 0 Å². The second kappa shape index (κ2) is 7.69. The van der Waals surface area contributed by atoms with Gasteiger partial charge in [0.25, 0.3) is 0 Å². The summed E-state index contributed by atoms with van der Waals surface area (Å²) in [6.45, 7) is 4.25. The molecule has 0 unspecified atom stereocenters. The fourth-order valence-electron chi connectivity index (χ4n) is 4.01. The Labute approximate surface area is 181 Å². The summed E-state index contributed by atoms with van der Waals surface area (Å²) in [5.74, 6) is 0.640. The molecule has 0 radical (unpaired) electrons. The van der Waals surface area contributed by atoms with E-state index in [-0.39, 0.29) is 0 Å². The summed E-state index contributed by atoms with van der Waals surface area (Å²) in [5.41, 5.74) is 7.21. The number of para-hydroxylation sites is 3. The first-order chi connectivity index (χ1) is 15.1. The molecular weight excluding hydrogens is 382 g/mol. The van der Waals surface area contributed by atoms with Crippen LogP contribution in [0.4, 0.5) is 17.3 Å². The topological polar surface area (TPSA) is 46.8 Å². The van der Waals surface area contributed by atoms with E-state index in [1.165, 1.54) is 11.1 Å². The van der Waals surface area contributed by atoms with E-state index < -0.39 is 0 Å². The Morgan fingerprint density at radius 3 is 2.19 bits per heavy atom. The van der Waals surface area contributed by atoms with Crippen LogP contribution in [0, 0.1) is 13.8 Å². The second-order valence-electron chi connectivity index (χ2n) is 7.70. The lowest BCUT2D eigenvalue weighted by atomic mass is 10.1. The van der Waals surface area contributed by atoms with E-state index in [0.29, 0.717) is 5.95 Å². The highest BCUT2D eigenvalue weighted by Crippen LogP contribution is 2.38. The molecule has 0 spiro atoms. The zero-order valence-electron chi connectivity index (χ0n) is 17.8. The van der Waals surface area contributed by atoms with Crippen LogP contribution in [0.2, 0.25) is 0 Å². The summed E-state index contributed by atoms with van der Waals surface area (Å²) in [4.78, 5) is 12.2. The van der Waals surface area contributed by atoms with Crippen molar-refractivity contribution in [3.63, 3.8) is 0 Å². The van der Waals surface area contributed by atoms with Crippen LogP contribution in [0.3, 0.4) is 0 Å². The van der Waals surface area contributed by atoms with Crippen LogP contribution in [0.5, 0.6) is 0 Å². The van der Waals surface area contributed by atoms with E-state index in [1.54, 1.807) is 4.68 Å². The predicted octanol–water partition coefficient (Wildman–Crippen LogP) is 6.12. The fourth-order valence-corrected chi connectivity index (χ4v) is 4.01. The number of hydrogen-bond donors (Lipinski definition) is 0. The molecule has 0 fully saturated rings. The van der Waals surface area contributed by atoms with E-state index in [0.717, 1.165) is 33.5 Å². The summed E-state index contributed by atoms with van der Waals surface area (Å²) < 4.78 is 1.80. The lowest BCUT2D eigenvalue weighted by Gasteiger charge is -2.27. The van der Waals surface area contributed by atoms with Crippen molar-refractivity contribution in [2.45, 2.75) is 13.8 Å². The normalized spacial score (nSPS) is 11.1. The lowest BCUT2D eigenvalue weighted by Crippen LogP contribution is -2.16. The fraction of sp³-hybridized carbons (Fsp3) is 0.115. The molecule has 0 N–H and O–H groups in total. The lowest BCUT2D eigenvalue weighted by molar-refractivity contribution is 0.768. The largest absolute Gasteiger partial charge is 0.279 e. The van der Waals surface area contributed by atoms with Crippen molar-refractivity contribution in [1.29, 1.82) is 0 Å². The molecule has 5 aromatic rings. The van der Waals surface area contributed by atoms with Crippen LogP contribution < -0.4 is 4.90 Å². The van der Waals surface area contributed by atoms with Gasteiger partial charge in [-0.25, -0.2) is 9.97 Å². The highest BCUT2D eigenvalue weighted by Gasteiger charge is 2.21. The van der Waals surface area contributed by atoms with Crippen molar-refractivity contribution in [2.24, 2.45) is 7.05 Å². The molecule has 2 aromatic heterocycles. The number of nitrogens with zero attached hydrogens (tertiary/aromatic N) is 5. The van der Waals surface area contributed by atoms with Gasteiger partial charge in [0, 0.05) is 29.9 Å². The minimum Gasteiger partial charge on any atom is -0.279 e. The van der Waals surface area contributed by atoms with Crippen LogP contribution in [-0.2, 0) is 7.05 Å². The van der Waals surface area contributed by atoms with Crippen molar-refractivity contribution in [3.8, 4) is 11.3 Å². The summed E-state index contributed by atoms with van der Waals surface area (Å²) in [7, 11) is 1.92. The number of rotatable bonds is 4. The van der Waals surface area contributed by atoms with Crippen molar-refractivity contribution in [1.82, 2.24) is 19.7 Å². The number of benzene rings is 3. The Morgan fingerprint density at radius 2 is 1.48 bits per heavy atom. The van der Waals surface area contributed by atoms with Crippen molar-refractivity contribution < 1.29 is 0 Å². The molecular formula is C26H23N5. The van der Waals surface area contributed by atoms with Crippen LogP contribution in [-0.4, -0.2) is 19.7 Å². The Hall–Kier alpha value is -3.99. The van der Waals surface area contributed by atoms with Gasteiger partial charge in [0.15, 0.2) is 0 Å². The summed E-state index contributed by atoms with van der Waals surface area (Å²) in [6.07, 6.45) is 3.84. The minimum absolute atomic E-state index is 0.640. The smallest absolute Gasteiger partial charge is 0.235 e. The maximum absolute atomic E-state index is 5.08. The third kappa shape index (κ3) is 3.44. The molecule has 5 rings (SSSR count). The number of aryl methyl sites for hydroxylation is 3. The summed E-state index contributed by atoms with van der Waals surface area (Å²) in [6, 6.07) is 24.8. The average Bonchev–Trinajstić information content (AvgIpc) is 3.22. The highest BCUT2D eigenvalue weighted by atomic mass is 15.3. The molecule has 0 bridgehead atoms. The number of anilines is 3. The van der Waals surface area contributed by atoms with E-state index in [9.17, 15) is 0 Å². The first kappa shape index (κ1) is 19.0. The molecule has 0 saturated heterocycles. The molecule has 2 heterocycles. The molecule has 0 saturated carbocycles. The first-order valence-electron chi connectivity index (χ1n) is 10.3. The van der Waals surface area contributed by atoms with Gasteiger partial charge in [-0.05, 0) is 43.2 Å². The molecule has 5 heteroatoms. The van der Waals surface area contributed by atoms with Gasteiger partial charge < -0.3 is 0 Å². The van der Waals surface area contributed by atoms with Crippen LogP contribution >= 0.6 is 0 Å². The zero-order valence-corrected chi connectivity index (χ0v) is 17.8. The van der Waals surface area contributed by atoms with Crippen LogP contribution in [0.1, 0.15) is 11.1 Å². The third-order valence-electron chi connectivity index (χ3n) is 5.45. The van der Waals surface area contributed by atoms with Crippen molar-refractivity contribution >= 4 is 28.2 Å². The van der Waals surface area contributed by atoms with Crippen molar-refractivity contribution in [3.05, 3.63) is 96.3 Å². The maximum Gasteiger partial charge on any atom is 0.235 e. The Bertz CT molecular complexity index is 1350. The molecule has 31 heavy (non-hydrogen) atoms. The molecule has 0 atom stereocenters. The van der Waals surface area contributed by atoms with Gasteiger partial charge in [-0.1, -0.05) is 54.6 Å². The maximum atomic E-state index is 5.08. The van der Waals surface area contributed by atoms with E-state index in [2.05, 4.69) is 60.2 Å². The molecule has 0 aliphatic carbocycles. The average molecular weight is 406 g/mol. The number of fused-ring (bicyclic) bond motifs is 1. The third-order valence-corrected chi connectivity index (χ3v) is 5.45. The van der Waals surface area contributed by atoms with Gasteiger partial charge in [-0.3, -0.25) is 9.58 Å². The van der Waals surface area contributed by atoms with Crippen LogP contribution in [0.15, 0.2) is 85.2 Å². The Kier molecular flexibility index (Phi) is 4.71. The van der Waals surface area contributed by atoms with Crippen molar-refractivity contribution in [2.75, 3.05) is 4.90 Å². The summed E-state index contributed by atoms with van der Waals surface area (Å²) >= 11 is 0. The predicted molar refractivity (Wildman–Crippen MR) is 126 cm³/mol. The van der Waals surface area contributed by atoms with Gasteiger partial charge in [-0.2, -0.15) is 5.10 Å². The molecule has 152 valence electrons. The highest BCUT2D eigenvalue weighted by molar-refractivity contribution is 5.94. The number of aromatic nitrogens is 4. The molecule has 3 aromatic carbocycles. The van der Waals surface area contributed by atoms with Gasteiger partial charge in [0.05, 0.1) is 23.1 Å². The standard InChI is InChI=1S/C26H23N5/c1-18-10-9-11-19(2)25(18)31(21-12-5-4-6-13-21)26-28-23-15-8-7-14-22(23)24(29-26)20-16-27-30(3)17-20/h4-17H,1-3H3. The van der Waals surface area contributed by atoms with Crippen LogP contribution in [0.25, 0.3) is 22.2 Å². The minimum atomic E-state index is 0.640. The second-order valence-corrected chi connectivity index (χ2v) is 7.70. The van der Waals surface area contributed by atoms with E-state index in [4.69, 9.17) is 9.97 Å². The van der Waals surface area contributed by atoms with E-state index in [1.807, 2.05) is 55.8 Å². The Morgan fingerprint density at radius 1 is 0.774 bits per heavy atom. The quantitative estimate of drug-likeness (QED) is 0.361. The summed E-state index contributed by atoms with van der Waals surface area (Å²) in [5, 5.41) is 5.37. The molecule has 5 nitrogen and oxygen atoms in total. The van der Waals surface area contributed by atoms with E-state index >= 15 is 0 Å². The zero-order chi connectivity index (χ0) is 21.4. The SMILES string of the molecule is Cc1cccc(C)c1N(c1ccccc1)c1nc(-c2cnn(C)c2)c2ccccc2n1. The van der Waals surface area contributed by atoms with Gasteiger partial charge in [0.2, 0.25) is 5.95 Å². The molecule has 0 aliphatic heterocycles. The molecule has 0 aliphatic rings.